The molecule has 2 aromatic heterocycles. The van der Waals surface area contributed by atoms with Gasteiger partial charge in [-0.2, -0.15) is 4.98 Å². The van der Waals surface area contributed by atoms with E-state index in [0.717, 1.165) is 31.6 Å². The van der Waals surface area contributed by atoms with E-state index in [-0.39, 0.29) is 5.91 Å². The number of pyridine rings is 1. The number of carbonyl (C=O) groups is 1. The Morgan fingerprint density at radius 2 is 1.97 bits per heavy atom. The number of rotatable bonds is 7. The molecule has 1 aliphatic carbocycles. The Bertz CT molecular complexity index is 869. The lowest BCUT2D eigenvalue weighted by Crippen LogP contribution is -2.42. The number of hydrogen-bond acceptors (Lipinski definition) is 7. The number of aromatic nitrogens is 3. The Kier molecular flexibility index (Phi) is 5.54. The zero-order valence-corrected chi connectivity index (χ0v) is 17.2. The number of aryl methyl sites for hydroxylation is 1. The van der Waals surface area contributed by atoms with Crippen molar-refractivity contribution in [3.05, 3.63) is 35.1 Å². The van der Waals surface area contributed by atoms with E-state index in [1.54, 1.807) is 13.0 Å². The summed E-state index contributed by atoms with van der Waals surface area (Å²) >= 11 is 0. The molecule has 0 aromatic carbocycles. The largest absolute Gasteiger partial charge is 0.477 e. The molecule has 8 nitrogen and oxygen atoms in total. The van der Waals surface area contributed by atoms with Crippen LogP contribution in [0.1, 0.15) is 73.2 Å². The quantitative estimate of drug-likeness (QED) is 0.762. The van der Waals surface area contributed by atoms with Gasteiger partial charge in [-0.1, -0.05) is 11.2 Å². The average molecular weight is 400 g/mol. The minimum atomic E-state index is -0.787. The summed E-state index contributed by atoms with van der Waals surface area (Å²) in [4.78, 5) is 21.7. The molecule has 2 fully saturated rings. The minimum Gasteiger partial charge on any atom is -0.477 e. The van der Waals surface area contributed by atoms with Crippen LogP contribution in [-0.4, -0.2) is 40.9 Å². The van der Waals surface area contributed by atoms with Gasteiger partial charge in [-0.15, -0.1) is 0 Å². The monoisotopic (exact) mass is 400 g/mol. The molecule has 3 heterocycles. The topological polar surface area (TPSA) is 99.4 Å². The van der Waals surface area contributed by atoms with Crippen molar-refractivity contribution in [1.82, 2.24) is 20.4 Å². The van der Waals surface area contributed by atoms with Gasteiger partial charge in [-0.25, -0.2) is 4.98 Å². The number of nitrogens with one attached hydrogen (secondary N) is 1. The van der Waals surface area contributed by atoms with Crippen molar-refractivity contribution < 1.29 is 18.8 Å². The van der Waals surface area contributed by atoms with Gasteiger partial charge in [0.05, 0.1) is 12.1 Å². The van der Waals surface area contributed by atoms with Crippen LogP contribution in [0.5, 0.6) is 5.88 Å². The normalized spacial score (nSPS) is 17.9. The van der Waals surface area contributed by atoms with E-state index in [1.807, 2.05) is 19.9 Å². The molecule has 0 spiro atoms. The van der Waals surface area contributed by atoms with E-state index < -0.39 is 5.54 Å². The third-order valence-electron chi connectivity index (χ3n) is 5.45. The summed E-state index contributed by atoms with van der Waals surface area (Å²) in [7, 11) is 0. The second kappa shape index (κ2) is 8.10. The van der Waals surface area contributed by atoms with E-state index in [0.29, 0.717) is 41.7 Å². The van der Waals surface area contributed by atoms with Crippen molar-refractivity contribution in [3.63, 3.8) is 0 Å². The number of hydrogen-bond donors (Lipinski definition) is 1. The van der Waals surface area contributed by atoms with Crippen molar-refractivity contribution >= 4 is 5.91 Å². The van der Waals surface area contributed by atoms with Gasteiger partial charge in [0.2, 0.25) is 11.8 Å². The van der Waals surface area contributed by atoms with E-state index in [4.69, 9.17) is 14.0 Å². The summed E-state index contributed by atoms with van der Waals surface area (Å²) < 4.78 is 16.6. The summed E-state index contributed by atoms with van der Waals surface area (Å²) in [5.74, 6) is 2.11. The van der Waals surface area contributed by atoms with Gasteiger partial charge in [-0.05, 0) is 57.4 Å². The first-order valence-corrected chi connectivity index (χ1v) is 10.3. The highest BCUT2D eigenvalue weighted by Crippen LogP contribution is 2.35. The molecule has 8 heteroatoms. The number of carbonyl (C=O) groups excluding carboxylic acids is 1. The predicted octanol–water partition coefficient (Wildman–Crippen LogP) is 3.12. The second-order valence-corrected chi connectivity index (χ2v) is 8.45. The lowest BCUT2D eigenvalue weighted by atomic mass is 9.92. The lowest BCUT2D eigenvalue weighted by Gasteiger charge is -2.25. The maximum absolute atomic E-state index is 12.9. The maximum atomic E-state index is 12.9. The van der Waals surface area contributed by atoms with Gasteiger partial charge >= 0.3 is 0 Å². The second-order valence-electron chi connectivity index (χ2n) is 8.45. The molecule has 0 unspecified atom stereocenters. The zero-order chi connectivity index (χ0) is 20.4. The molecular weight excluding hydrogens is 372 g/mol. The summed E-state index contributed by atoms with van der Waals surface area (Å²) in [6.07, 6.45) is 4.28. The molecule has 1 amide bonds. The number of ether oxygens (including phenoxy) is 2. The highest BCUT2D eigenvalue weighted by Gasteiger charge is 2.30. The Balaban J connectivity index is 1.54. The minimum absolute atomic E-state index is 0.299. The van der Waals surface area contributed by atoms with Crippen LogP contribution >= 0.6 is 0 Å². The molecule has 0 radical (unpaired) electrons. The predicted molar refractivity (Wildman–Crippen MR) is 105 cm³/mol. The van der Waals surface area contributed by atoms with Gasteiger partial charge in [0.15, 0.2) is 5.82 Å². The number of nitrogens with zero attached hydrogens (tertiary/aromatic N) is 3. The SMILES string of the molecule is Cc1nc(C(C)(C)NC(=O)c2ccc(C3CCOCC3)c(OCC3CC3)n2)no1. The van der Waals surface area contributed by atoms with Crippen molar-refractivity contribution in [2.75, 3.05) is 19.8 Å². The van der Waals surface area contributed by atoms with E-state index in [2.05, 4.69) is 20.4 Å². The molecule has 1 saturated heterocycles. The summed E-state index contributed by atoms with van der Waals surface area (Å²) in [5, 5.41) is 6.87. The van der Waals surface area contributed by atoms with Crippen LogP contribution in [0.2, 0.25) is 0 Å². The van der Waals surface area contributed by atoms with Crippen molar-refractivity contribution in [1.29, 1.82) is 0 Å². The third-order valence-corrected chi connectivity index (χ3v) is 5.45. The summed E-state index contributed by atoms with van der Waals surface area (Å²) in [5.41, 5.74) is 0.601. The van der Waals surface area contributed by atoms with Crippen LogP contribution in [0.15, 0.2) is 16.7 Å². The highest BCUT2D eigenvalue weighted by molar-refractivity contribution is 5.93. The van der Waals surface area contributed by atoms with Crippen molar-refractivity contribution in [2.24, 2.45) is 5.92 Å². The molecule has 2 aliphatic rings. The third kappa shape index (κ3) is 4.75. The van der Waals surface area contributed by atoms with Crippen LogP contribution in [0.4, 0.5) is 0 Å². The molecule has 0 atom stereocenters. The van der Waals surface area contributed by atoms with Crippen molar-refractivity contribution in [2.45, 2.75) is 57.9 Å². The summed E-state index contributed by atoms with van der Waals surface area (Å²) in [6, 6.07) is 3.74. The molecular formula is C21H28N4O4. The first kappa shape index (κ1) is 19.8. The van der Waals surface area contributed by atoms with Crippen LogP contribution in [-0.2, 0) is 10.3 Å². The van der Waals surface area contributed by atoms with Crippen LogP contribution in [0.25, 0.3) is 0 Å². The van der Waals surface area contributed by atoms with Gasteiger partial charge in [0.1, 0.15) is 5.69 Å². The van der Waals surface area contributed by atoms with Crippen molar-refractivity contribution in [3.8, 4) is 5.88 Å². The Morgan fingerprint density at radius 3 is 2.62 bits per heavy atom. The van der Waals surface area contributed by atoms with E-state index >= 15 is 0 Å². The Morgan fingerprint density at radius 1 is 1.21 bits per heavy atom. The first-order valence-electron chi connectivity index (χ1n) is 10.3. The van der Waals surface area contributed by atoms with Gasteiger partial charge in [0.25, 0.3) is 5.91 Å². The standard InChI is InChI=1S/C21H28N4O4/c1-13-22-20(25-29-13)21(2,3)24-18(26)17-7-6-16(15-8-10-27-11-9-15)19(23-17)28-12-14-4-5-14/h6-7,14-15H,4-5,8-12H2,1-3H3,(H,24,26). The van der Waals surface area contributed by atoms with Gasteiger partial charge in [0, 0.05) is 25.7 Å². The molecule has 29 heavy (non-hydrogen) atoms. The molecule has 0 bridgehead atoms. The van der Waals surface area contributed by atoms with E-state index in [1.165, 1.54) is 12.8 Å². The molecule has 2 aromatic rings. The Hall–Kier alpha value is -2.48. The average Bonchev–Trinajstić information content (AvgIpc) is 3.44. The smallest absolute Gasteiger partial charge is 0.270 e. The molecule has 1 saturated carbocycles. The zero-order valence-electron chi connectivity index (χ0n) is 17.2. The van der Waals surface area contributed by atoms with Crippen LogP contribution < -0.4 is 10.1 Å². The molecule has 1 aliphatic heterocycles. The molecule has 156 valence electrons. The molecule has 1 N–H and O–H groups in total. The summed E-state index contributed by atoms with van der Waals surface area (Å²) in [6.45, 7) is 7.52. The fourth-order valence-corrected chi connectivity index (χ4v) is 3.45. The fourth-order valence-electron chi connectivity index (χ4n) is 3.45. The number of amides is 1. The fraction of sp³-hybridized carbons (Fsp3) is 0.619. The maximum Gasteiger partial charge on any atom is 0.270 e. The van der Waals surface area contributed by atoms with Crippen LogP contribution in [0, 0.1) is 12.8 Å². The van der Waals surface area contributed by atoms with E-state index in [9.17, 15) is 4.79 Å². The van der Waals surface area contributed by atoms with Crippen LogP contribution in [0.3, 0.4) is 0 Å². The first-order chi connectivity index (χ1) is 13.9. The van der Waals surface area contributed by atoms with Gasteiger partial charge in [-0.3, -0.25) is 4.79 Å². The Labute approximate surface area is 170 Å². The highest BCUT2D eigenvalue weighted by atomic mass is 16.5. The van der Waals surface area contributed by atoms with Gasteiger partial charge < -0.3 is 19.3 Å². The lowest BCUT2D eigenvalue weighted by molar-refractivity contribution is 0.0841. The molecule has 4 rings (SSSR count).